The summed E-state index contributed by atoms with van der Waals surface area (Å²) < 4.78 is 5.55. The zero-order chi connectivity index (χ0) is 10.5. The second-order valence-corrected chi connectivity index (χ2v) is 4.27. The van der Waals surface area contributed by atoms with Crippen molar-refractivity contribution in [3.63, 3.8) is 0 Å². The summed E-state index contributed by atoms with van der Waals surface area (Å²) in [7, 11) is 0. The summed E-state index contributed by atoms with van der Waals surface area (Å²) in [5.74, 6) is 2.33. The van der Waals surface area contributed by atoms with E-state index in [2.05, 4.69) is 22.4 Å². The maximum Gasteiger partial charge on any atom is 0.230 e. The van der Waals surface area contributed by atoms with Crippen molar-refractivity contribution in [3.05, 3.63) is 11.8 Å². The third-order valence-electron chi connectivity index (χ3n) is 2.90. The lowest BCUT2D eigenvalue weighted by Crippen LogP contribution is -2.14. The van der Waals surface area contributed by atoms with Crippen molar-refractivity contribution < 1.29 is 4.42 Å². The van der Waals surface area contributed by atoms with Crippen LogP contribution in [-0.2, 0) is 13.0 Å². The molecule has 15 heavy (non-hydrogen) atoms. The van der Waals surface area contributed by atoms with Crippen molar-refractivity contribution in [2.24, 2.45) is 5.92 Å². The van der Waals surface area contributed by atoms with Gasteiger partial charge >= 0.3 is 0 Å². The minimum atomic E-state index is 0.700. The summed E-state index contributed by atoms with van der Waals surface area (Å²) >= 11 is 0. The highest BCUT2D eigenvalue weighted by atomic mass is 16.4. The first kappa shape index (κ1) is 10.6. The van der Waals surface area contributed by atoms with Crippen LogP contribution in [0.5, 0.6) is 0 Å². The zero-order valence-corrected chi connectivity index (χ0v) is 9.33. The molecule has 1 heterocycles. The fraction of sp³-hybridized carbons (Fsp3) is 0.818. The Hall–Kier alpha value is -0.900. The first-order valence-electron chi connectivity index (χ1n) is 5.90. The van der Waals surface area contributed by atoms with E-state index < -0.39 is 0 Å². The van der Waals surface area contributed by atoms with Crippen LogP contribution >= 0.6 is 0 Å². The van der Waals surface area contributed by atoms with Gasteiger partial charge in [0.2, 0.25) is 11.8 Å². The van der Waals surface area contributed by atoms with Crippen LogP contribution in [0, 0.1) is 5.92 Å². The van der Waals surface area contributed by atoms with E-state index in [4.69, 9.17) is 4.42 Å². The summed E-state index contributed by atoms with van der Waals surface area (Å²) in [6.07, 6.45) is 6.12. The van der Waals surface area contributed by atoms with Gasteiger partial charge in [-0.25, -0.2) is 0 Å². The first-order valence-corrected chi connectivity index (χ1v) is 5.90. The van der Waals surface area contributed by atoms with Crippen molar-refractivity contribution in [1.82, 2.24) is 15.5 Å². The van der Waals surface area contributed by atoms with E-state index in [0.717, 1.165) is 37.1 Å². The fourth-order valence-corrected chi connectivity index (χ4v) is 1.76. The molecule has 1 aromatic rings. The number of rotatable bonds is 6. The largest absolute Gasteiger partial charge is 0.424 e. The second-order valence-electron chi connectivity index (χ2n) is 4.27. The van der Waals surface area contributed by atoms with Gasteiger partial charge in [0.15, 0.2) is 0 Å². The zero-order valence-electron chi connectivity index (χ0n) is 9.33. The summed E-state index contributed by atoms with van der Waals surface area (Å²) in [6, 6.07) is 0. The third-order valence-corrected chi connectivity index (χ3v) is 2.90. The fourth-order valence-electron chi connectivity index (χ4n) is 1.76. The van der Waals surface area contributed by atoms with Crippen LogP contribution in [0.2, 0.25) is 0 Å². The van der Waals surface area contributed by atoms with Gasteiger partial charge in [-0.15, -0.1) is 10.2 Å². The Morgan fingerprint density at radius 3 is 2.80 bits per heavy atom. The van der Waals surface area contributed by atoms with E-state index in [9.17, 15) is 0 Å². The monoisotopic (exact) mass is 209 g/mol. The standard InChI is InChI=1S/C11H19N3O/c1-2-6-12-8-11-14-13-10(15-11)7-9-4-3-5-9/h9,12H,2-8H2,1H3. The predicted octanol–water partition coefficient (Wildman–Crippen LogP) is 1.91. The molecule has 1 saturated carbocycles. The van der Waals surface area contributed by atoms with E-state index in [1.54, 1.807) is 0 Å². The predicted molar refractivity (Wildman–Crippen MR) is 57.3 cm³/mol. The SMILES string of the molecule is CCCNCc1nnc(CC2CCC2)o1. The maximum atomic E-state index is 5.55. The minimum absolute atomic E-state index is 0.700. The number of aromatic nitrogens is 2. The van der Waals surface area contributed by atoms with E-state index in [-0.39, 0.29) is 0 Å². The third kappa shape index (κ3) is 3.02. The van der Waals surface area contributed by atoms with Gasteiger partial charge in [-0.3, -0.25) is 0 Å². The smallest absolute Gasteiger partial charge is 0.230 e. The van der Waals surface area contributed by atoms with Gasteiger partial charge < -0.3 is 9.73 Å². The lowest BCUT2D eigenvalue weighted by molar-refractivity contribution is 0.286. The lowest BCUT2D eigenvalue weighted by atomic mass is 9.83. The summed E-state index contributed by atoms with van der Waals surface area (Å²) in [4.78, 5) is 0. The highest BCUT2D eigenvalue weighted by Crippen LogP contribution is 2.29. The van der Waals surface area contributed by atoms with Crippen molar-refractivity contribution in [2.75, 3.05) is 6.54 Å². The number of nitrogens with zero attached hydrogens (tertiary/aromatic N) is 2. The van der Waals surface area contributed by atoms with Crippen LogP contribution in [0.4, 0.5) is 0 Å². The first-order chi connectivity index (χ1) is 7.38. The van der Waals surface area contributed by atoms with E-state index in [1.165, 1.54) is 19.3 Å². The Kier molecular flexibility index (Phi) is 3.72. The molecule has 0 aliphatic heterocycles. The quantitative estimate of drug-likeness (QED) is 0.727. The van der Waals surface area contributed by atoms with Gasteiger partial charge in [0, 0.05) is 6.42 Å². The van der Waals surface area contributed by atoms with Crippen LogP contribution in [0.15, 0.2) is 4.42 Å². The molecular formula is C11H19N3O. The molecule has 4 nitrogen and oxygen atoms in total. The normalized spacial score (nSPS) is 16.6. The van der Waals surface area contributed by atoms with Crippen molar-refractivity contribution >= 4 is 0 Å². The molecule has 0 saturated heterocycles. The average Bonchev–Trinajstić information content (AvgIpc) is 2.60. The van der Waals surface area contributed by atoms with Crippen LogP contribution in [0.25, 0.3) is 0 Å². The Bertz CT molecular complexity index is 294. The highest BCUT2D eigenvalue weighted by Gasteiger charge is 2.20. The molecule has 1 aliphatic carbocycles. The number of hydrogen-bond donors (Lipinski definition) is 1. The molecule has 0 bridgehead atoms. The van der Waals surface area contributed by atoms with Gasteiger partial charge in [0.25, 0.3) is 0 Å². The van der Waals surface area contributed by atoms with Gasteiger partial charge in [0.05, 0.1) is 6.54 Å². The Labute approximate surface area is 90.5 Å². The van der Waals surface area contributed by atoms with Crippen molar-refractivity contribution in [2.45, 2.75) is 45.6 Å². The van der Waals surface area contributed by atoms with Gasteiger partial charge in [-0.1, -0.05) is 13.3 Å². The Morgan fingerprint density at radius 1 is 1.33 bits per heavy atom. The minimum Gasteiger partial charge on any atom is -0.424 e. The summed E-state index contributed by atoms with van der Waals surface area (Å²) in [6.45, 7) is 3.84. The summed E-state index contributed by atoms with van der Waals surface area (Å²) in [5.41, 5.74) is 0. The molecule has 0 radical (unpaired) electrons. The molecule has 0 unspecified atom stereocenters. The Morgan fingerprint density at radius 2 is 2.13 bits per heavy atom. The highest BCUT2D eigenvalue weighted by molar-refractivity contribution is 4.86. The molecule has 1 fully saturated rings. The topological polar surface area (TPSA) is 51.0 Å². The van der Waals surface area contributed by atoms with Crippen molar-refractivity contribution in [3.8, 4) is 0 Å². The molecule has 2 rings (SSSR count). The lowest BCUT2D eigenvalue weighted by Gasteiger charge is -2.23. The van der Waals surface area contributed by atoms with E-state index >= 15 is 0 Å². The van der Waals surface area contributed by atoms with Gasteiger partial charge in [-0.05, 0) is 31.7 Å². The second kappa shape index (κ2) is 5.26. The number of hydrogen-bond acceptors (Lipinski definition) is 4. The molecule has 0 aromatic carbocycles. The molecular weight excluding hydrogens is 190 g/mol. The molecule has 1 aliphatic rings. The maximum absolute atomic E-state index is 5.55. The summed E-state index contributed by atoms with van der Waals surface area (Å²) in [5, 5.41) is 11.3. The van der Waals surface area contributed by atoms with Crippen molar-refractivity contribution in [1.29, 1.82) is 0 Å². The van der Waals surface area contributed by atoms with Gasteiger partial charge in [-0.2, -0.15) is 0 Å². The average molecular weight is 209 g/mol. The molecule has 1 N–H and O–H groups in total. The molecule has 0 atom stereocenters. The van der Waals surface area contributed by atoms with Crippen LogP contribution in [-0.4, -0.2) is 16.7 Å². The van der Waals surface area contributed by atoms with E-state index in [1.807, 2.05) is 0 Å². The molecule has 0 amide bonds. The van der Waals surface area contributed by atoms with E-state index in [0.29, 0.717) is 6.54 Å². The Balaban J connectivity index is 1.75. The van der Waals surface area contributed by atoms with Gasteiger partial charge in [0.1, 0.15) is 0 Å². The molecule has 84 valence electrons. The van der Waals surface area contributed by atoms with Crippen LogP contribution < -0.4 is 5.32 Å². The number of nitrogens with one attached hydrogen (secondary N) is 1. The van der Waals surface area contributed by atoms with Crippen LogP contribution in [0.3, 0.4) is 0 Å². The molecule has 4 heteroatoms. The molecule has 0 spiro atoms. The molecule has 1 aromatic heterocycles. The van der Waals surface area contributed by atoms with Crippen LogP contribution in [0.1, 0.15) is 44.4 Å².